The summed E-state index contributed by atoms with van der Waals surface area (Å²) in [6.07, 6.45) is 0.951. The predicted octanol–water partition coefficient (Wildman–Crippen LogP) is 2.71. The third-order valence-electron chi connectivity index (χ3n) is 2.28. The smallest absolute Gasteiger partial charge is 0.101 e. The second-order valence-corrected chi connectivity index (χ2v) is 3.64. The molecule has 0 atom stereocenters. The van der Waals surface area contributed by atoms with Crippen molar-refractivity contribution in [1.82, 2.24) is 0 Å². The second kappa shape index (κ2) is 6.86. The van der Waals surface area contributed by atoms with Gasteiger partial charge in [-0.1, -0.05) is 6.07 Å². The Balaban J connectivity index is 2.45. The normalized spacial score (nSPS) is 9.81. The van der Waals surface area contributed by atoms with E-state index in [0.29, 0.717) is 5.56 Å². The highest BCUT2D eigenvalue weighted by Gasteiger charge is 2.00. The second-order valence-electron chi connectivity index (χ2n) is 3.64. The van der Waals surface area contributed by atoms with Crippen LogP contribution in [0.4, 0.5) is 5.69 Å². The molecule has 0 aromatic heterocycles. The lowest BCUT2D eigenvalue weighted by Gasteiger charge is -2.08. The molecule has 0 unspecified atom stereocenters. The molecule has 0 bridgehead atoms. The van der Waals surface area contributed by atoms with Crippen LogP contribution in [0.2, 0.25) is 0 Å². The molecule has 3 heteroatoms. The maximum Gasteiger partial charge on any atom is 0.101 e. The van der Waals surface area contributed by atoms with Gasteiger partial charge in [0.05, 0.1) is 11.3 Å². The van der Waals surface area contributed by atoms with E-state index in [2.05, 4.69) is 11.4 Å². The van der Waals surface area contributed by atoms with Crippen molar-refractivity contribution < 1.29 is 4.74 Å². The van der Waals surface area contributed by atoms with Crippen LogP contribution in [-0.4, -0.2) is 19.8 Å². The van der Waals surface area contributed by atoms with Crippen LogP contribution in [0.1, 0.15) is 24.5 Å². The molecule has 1 aromatic carbocycles. The number of ether oxygens (including phenoxy) is 1. The van der Waals surface area contributed by atoms with E-state index in [4.69, 9.17) is 10.00 Å². The van der Waals surface area contributed by atoms with Crippen molar-refractivity contribution >= 4 is 5.69 Å². The van der Waals surface area contributed by atoms with E-state index < -0.39 is 0 Å². The molecular formula is C13H18N2O. The lowest BCUT2D eigenvalue weighted by Crippen LogP contribution is -2.06. The highest BCUT2D eigenvalue weighted by molar-refractivity contribution is 5.58. The maximum absolute atomic E-state index is 8.97. The van der Waals surface area contributed by atoms with E-state index in [-0.39, 0.29) is 0 Å². The highest BCUT2D eigenvalue weighted by atomic mass is 16.5. The summed E-state index contributed by atoms with van der Waals surface area (Å²) < 4.78 is 5.24. The number of anilines is 1. The first-order chi connectivity index (χ1) is 7.77. The zero-order valence-electron chi connectivity index (χ0n) is 9.92. The lowest BCUT2D eigenvalue weighted by atomic mass is 10.1. The van der Waals surface area contributed by atoms with E-state index in [9.17, 15) is 0 Å². The van der Waals surface area contributed by atoms with Crippen LogP contribution in [0, 0.1) is 18.3 Å². The zero-order chi connectivity index (χ0) is 11.8. The quantitative estimate of drug-likeness (QED) is 0.747. The molecule has 0 fully saturated rings. The Hall–Kier alpha value is -1.53. The summed E-state index contributed by atoms with van der Waals surface area (Å²) in [5.74, 6) is 0. The summed E-state index contributed by atoms with van der Waals surface area (Å²) in [6.45, 7) is 6.32. The van der Waals surface area contributed by atoms with Gasteiger partial charge in [-0.3, -0.25) is 0 Å². The van der Waals surface area contributed by atoms with Crippen LogP contribution in [0.5, 0.6) is 0 Å². The molecule has 0 spiro atoms. The van der Waals surface area contributed by atoms with E-state index in [1.165, 1.54) is 0 Å². The Labute approximate surface area is 97.0 Å². The predicted molar refractivity (Wildman–Crippen MR) is 65.5 cm³/mol. The van der Waals surface area contributed by atoms with E-state index >= 15 is 0 Å². The third kappa shape index (κ3) is 3.92. The van der Waals surface area contributed by atoms with Crippen LogP contribution in [0.15, 0.2) is 18.2 Å². The first-order valence-corrected chi connectivity index (χ1v) is 5.60. The summed E-state index contributed by atoms with van der Waals surface area (Å²) in [7, 11) is 0. The van der Waals surface area contributed by atoms with Gasteiger partial charge >= 0.3 is 0 Å². The van der Waals surface area contributed by atoms with Gasteiger partial charge in [-0.15, -0.1) is 0 Å². The average molecular weight is 218 g/mol. The fourth-order valence-corrected chi connectivity index (χ4v) is 1.45. The summed E-state index contributed by atoms with van der Waals surface area (Å²) in [5.41, 5.74) is 2.72. The van der Waals surface area contributed by atoms with Crippen molar-refractivity contribution in [2.75, 3.05) is 25.1 Å². The topological polar surface area (TPSA) is 45.0 Å². The molecule has 86 valence electrons. The van der Waals surface area contributed by atoms with E-state index in [1.54, 1.807) is 0 Å². The minimum absolute atomic E-state index is 0.705. The number of hydrogen-bond donors (Lipinski definition) is 1. The van der Waals surface area contributed by atoms with Crippen LogP contribution >= 0.6 is 0 Å². The molecule has 0 amide bonds. The van der Waals surface area contributed by atoms with Gasteiger partial charge in [0.2, 0.25) is 0 Å². The largest absolute Gasteiger partial charge is 0.384 e. The Morgan fingerprint density at radius 3 is 2.94 bits per heavy atom. The van der Waals surface area contributed by atoms with Crippen molar-refractivity contribution in [2.24, 2.45) is 0 Å². The number of benzene rings is 1. The Kier molecular flexibility index (Phi) is 5.38. The van der Waals surface area contributed by atoms with Crippen LogP contribution in [0.25, 0.3) is 0 Å². The molecule has 1 N–H and O–H groups in total. The minimum Gasteiger partial charge on any atom is -0.384 e. The molecule has 1 aromatic rings. The number of nitriles is 1. The van der Waals surface area contributed by atoms with Crippen molar-refractivity contribution in [1.29, 1.82) is 5.26 Å². The summed E-state index contributed by atoms with van der Waals surface area (Å²) in [4.78, 5) is 0. The third-order valence-corrected chi connectivity index (χ3v) is 2.28. The number of nitrogens with one attached hydrogen (secondary N) is 1. The Morgan fingerprint density at radius 1 is 1.44 bits per heavy atom. The van der Waals surface area contributed by atoms with Gasteiger partial charge < -0.3 is 10.1 Å². The van der Waals surface area contributed by atoms with Gasteiger partial charge in [-0.25, -0.2) is 0 Å². The van der Waals surface area contributed by atoms with Crippen molar-refractivity contribution in [3.63, 3.8) is 0 Å². The van der Waals surface area contributed by atoms with Crippen molar-refractivity contribution in [2.45, 2.75) is 20.3 Å². The molecule has 0 aliphatic heterocycles. The summed E-state index contributed by atoms with van der Waals surface area (Å²) in [6, 6.07) is 8.05. The first-order valence-electron chi connectivity index (χ1n) is 5.60. The molecule has 0 radical (unpaired) electrons. The molecule has 0 aliphatic carbocycles. The number of rotatable bonds is 6. The fraction of sp³-hybridized carbons (Fsp3) is 0.462. The molecule has 0 heterocycles. The van der Waals surface area contributed by atoms with Gasteiger partial charge in [-0.05, 0) is 38.0 Å². The number of aryl methyl sites for hydroxylation is 1. The molecule has 1 rings (SSSR count). The van der Waals surface area contributed by atoms with Gasteiger partial charge in [0.15, 0.2) is 0 Å². The van der Waals surface area contributed by atoms with Gasteiger partial charge in [-0.2, -0.15) is 5.26 Å². The molecule has 0 saturated heterocycles. The van der Waals surface area contributed by atoms with Crippen LogP contribution in [-0.2, 0) is 4.74 Å². The number of nitrogens with zero attached hydrogens (tertiary/aromatic N) is 1. The van der Waals surface area contributed by atoms with E-state index in [1.807, 2.05) is 32.0 Å². The SMILES string of the molecule is CCOCCCNc1ccc(C)cc1C#N. The molecule has 0 aliphatic rings. The van der Waals surface area contributed by atoms with Gasteiger partial charge in [0.25, 0.3) is 0 Å². The van der Waals surface area contributed by atoms with Crippen molar-refractivity contribution in [3.8, 4) is 6.07 Å². The zero-order valence-corrected chi connectivity index (χ0v) is 9.92. The first kappa shape index (κ1) is 12.5. The Bertz CT molecular complexity index is 369. The standard InChI is InChI=1S/C13H18N2O/c1-3-16-8-4-7-15-13-6-5-11(2)9-12(13)10-14/h5-6,9,15H,3-4,7-8H2,1-2H3. The Morgan fingerprint density at radius 2 is 2.25 bits per heavy atom. The number of hydrogen-bond acceptors (Lipinski definition) is 3. The summed E-state index contributed by atoms with van der Waals surface area (Å²) >= 11 is 0. The maximum atomic E-state index is 8.97. The lowest BCUT2D eigenvalue weighted by molar-refractivity contribution is 0.147. The minimum atomic E-state index is 0.705. The van der Waals surface area contributed by atoms with Gasteiger partial charge in [0.1, 0.15) is 6.07 Å². The van der Waals surface area contributed by atoms with Crippen LogP contribution < -0.4 is 5.32 Å². The molecule has 3 nitrogen and oxygen atoms in total. The highest BCUT2D eigenvalue weighted by Crippen LogP contribution is 2.15. The van der Waals surface area contributed by atoms with Crippen LogP contribution in [0.3, 0.4) is 0 Å². The molecule has 0 saturated carbocycles. The van der Waals surface area contributed by atoms with E-state index in [0.717, 1.165) is 37.4 Å². The van der Waals surface area contributed by atoms with Crippen molar-refractivity contribution in [3.05, 3.63) is 29.3 Å². The van der Waals surface area contributed by atoms with Gasteiger partial charge in [0, 0.05) is 19.8 Å². The average Bonchev–Trinajstić information content (AvgIpc) is 2.30. The summed E-state index contributed by atoms with van der Waals surface area (Å²) in [5, 5.41) is 12.2. The molecular weight excluding hydrogens is 200 g/mol. The fourth-order valence-electron chi connectivity index (χ4n) is 1.45. The monoisotopic (exact) mass is 218 g/mol. The molecule has 16 heavy (non-hydrogen) atoms.